The SMILES string of the molecule is O=C(CCc1cn([C@H]2C[C@H](O)[C@@H](CO)O2)c(=O)[nH]c1=O)NCCOCCCCl. The van der Waals surface area contributed by atoms with Gasteiger partial charge in [0.15, 0.2) is 0 Å². The van der Waals surface area contributed by atoms with Crippen LogP contribution in [0.1, 0.15) is 31.1 Å². The minimum atomic E-state index is -0.908. The van der Waals surface area contributed by atoms with Gasteiger partial charge in [-0.15, -0.1) is 11.6 Å². The van der Waals surface area contributed by atoms with E-state index in [1.807, 2.05) is 0 Å². The van der Waals surface area contributed by atoms with Gasteiger partial charge in [-0.1, -0.05) is 0 Å². The number of alkyl halides is 1. The lowest BCUT2D eigenvalue weighted by molar-refractivity contribution is -0.121. The van der Waals surface area contributed by atoms with Crippen LogP contribution in [0.25, 0.3) is 0 Å². The van der Waals surface area contributed by atoms with E-state index in [-0.39, 0.29) is 37.3 Å². The molecule has 1 amide bonds. The zero-order chi connectivity index (χ0) is 20.5. The number of aromatic amines is 1. The molecule has 2 heterocycles. The number of carbonyl (C=O) groups excluding carboxylic acids is 1. The number of amides is 1. The van der Waals surface area contributed by atoms with Crippen molar-refractivity contribution in [3.05, 3.63) is 32.6 Å². The Labute approximate surface area is 166 Å². The molecule has 158 valence electrons. The van der Waals surface area contributed by atoms with Gasteiger partial charge in [0.25, 0.3) is 5.56 Å². The molecule has 4 N–H and O–H groups in total. The first-order chi connectivity index (χ1) is 13.5. The van der Waals surface area contributed by atoms with E-state index in [0.717, 1.165) is 11.0 Å². The highest BCUT2D eigenvalue weighted by Gasteiger charge is 2.35. The van der Waals surface area contributed by atoms with Crippen LogP contribution in [-0.4, -0.2) is 70.1 Å². The zero-order valence-corrected chi connectivity index (χ0v) is 16.2. The lowest BCUT2D eigenvalue weighted by atomic mass is 10.1. The summed E-state index contributed by atoms with van der Waals surface area (Å²) in [6.07, 6.45) is -0.103. The van der Waals surface area contributed by atoms with E-state index < -0.39 is 29.7 Å². The number of hydrogen-bond acceptors (Lipinski definition) is 7. The third-order valence-corrected chi connectivity index (χ3v) is 4.62. The smallest absolute Gasteiger partial charge is 0.330 e. The Morgan fingerprint density at radius 2 is 2.21 bits per heavy atom. The molecule has 1 saturated heterocycles. The summed E-state index contributed by atoms with van der Waals surface area (Å²) in [5.41, 5.74) is -1.00. The van der Waals surface area contributed by atoms with E-state index >= 15 is 0 Å². The van der Waals surface area contributed by atoms with Gasteiger partial charge in [0.2, 0.25) is 5.91 Å². The minimum Gasteiger partial charge on any atom is -0.394 e. The standard InChI is InChI=1S/C17H26ClN3O7/c18-4-1-6-27-7-5-19-14(24)3-2-11-9-21(17(26)20-16(11)25)15-8-12(23)13(10-22)28-15/h9,12-13,15,22-23H,1-8,10H2,(H,19,24)(H,20,25,26)/t12-,13+,15+/m0/s1. The molecule has 28 heavy (non-hydrogen) atoms. The van der Waals surface area contributed by atoms with Crippen LogP contribution < -0.4 is 16.6 Å². The number of carbonyl (C=O) groups is 1. The van der Waals surface area contributed by atoms with Gasteiger partial charge in [0.05, 0.1) is 19.3 Å². The van der Waals surface area contributed by atoms with Gasteiger partial charge in [0.1, 0.15) is 12.3 Å². The van der Waals surface area contributed by atoms with E-state index in [1.165, 1.54) is 6.20 Å². The maximum Gasteiger partial charge on any atom is 0.330 e. The maximum absolute atomic E-state index is 12.1. The van der Waals surface area contributed by atoms with Gasteiger partial charge in [-0.2, -0.15) is 0 Å². The van der Waals surface area contributed by atoms with Crippen LogP contribution in [0.4, 0.5) is 0 Å². The first kappa shape index (κ1) is 22.6. The van der Waals surface area contributed by atoms with Crippen molar-refractivity contribution in [3.8, 4) is 0 Å². The average molecular weight is 420 g/mol. The summed E-state index contributed by atoms with van der Waals surface area (Å²) in [5.74, 6) is 0.278. The zero-order valence-electron chi connectivity index (χ0n) is 15.4. The number of aliphatic hydroxyl groups excluding tert-OH is 2. The van der Waals surface area contributed by atoms with Gasteiger partial charge in [0, 0.05) is 43.6 Å². The fraction of sp³-hybridized carbons (Fsp3) is 0.706. The van der Waals surface area contributed by atoms with Gasteiger partial charge in [-0.05, 0) is 12.8 Å². The number of aryl methyl sites for hydroxylation is 1. The number of rotatable bonds is 11. The first-order valence-electron chi connectivity index (χ1n) is 9.15. The lowest BCUT2D eigenvalue weighted by Gasteiger charge is -2.15. The van der Waals surface area contributed by atoms with Gasteiger partial charge >= 0.3 is 5.69 Å². The minimum absolute atomic E-state index is 0.0659. The number of hydrogen-bond donors (Lipinski definition) is 4. The van der Waals surface area contributed by atoms with Crippen molar-refractivity contribution in [3.63, 3.8) is 0 Å². The molecule has 3 atom stereocenters. The molecule has 1 aromatic heterocycles. The topological polar surface area (TPSA) is 143 Å². The molecule has 1 aromatic rings. The molecular formula is C17H26ClN3O7. The number of aliphatic hydroxyl groups is 2. The van der Waals surface area contributed by atoms with Crippen LogP contribution in [-0.2, 0) is 20.7 Å². The number of nitrogens with one attached hydrogen (secondary N) is 2. The number of halogens is 1. The molecule has 0 radical (unpaired) electrons. The summed E-state index contributed by atoms with van der Waals surface area (Å²) in [7, 11) is 0. The fourth-order valence-electron chi connectivity index (χ4n) is 2.83. The molecule has 10 nitrogen and oxygen atoms in total. The Kier molecular flexibility index (Phi) is 9.13. The van der Waals surface area contributed by atoms with Crippen LogP contribution >= 0.6 is 11.6 Å². The summed E-state index contributed by atoms with van der Waals surface area (Å²) >= 11 is 5.53. The van der Waals surface area contributed by atoms with Gasteiger partial charge in [-0.25, -0.2) is 4.79 Å². The van der Waals surface area contributed by atoms with Crippen LogP contribution in [0.15, 0.2) is 15.8 Å². The van der Waals surface area contributed by atoms with Crippen molar-refractivity contribution in [2.75, 3.05) is 32.2 Å². The Morgan fingerprint density at radius 3 is 2.89 bits per heavy atom. The molecule has 0 unspecified atom stereocenters. The Bertz CT molecular complexity index is 751. The first-order valence-corrected chi connectivity index (χ1v) is 9.68. The molecule has 1 fully saturated rings. The molecule has 0 aliphatic carbocycles. The molecule has 0 saturated carbocycles. The molecular weight excluding hydrogens is 394 g/mol. The third-order valence-electron chi connectivity index (χ3n) is 4.35. The second kappa shape index (κ2) is 11.3. The van der Waals surface area contributed by atoms with Gasteiger partial charge in [-0.3, -0.25) is 19.1 Å². The third kappa shape index (κ3) is 6.42. The molecule has 1 aliphatic heterocycles. The van der Waals surface area contributed by atoms with E-state index in [1.54, 1.807) is 0 Å². The van der Waals surface area contributed by atoms with Crippen LogP contribution in [0, 0.1) is 0 Å². The van der Waals surface area contributed by atoms with Crippen molar-refractivity contribution in [2.24, 2.45) is 0 Å². The van der Waals surface area contributed by atoms with Crippen molar-refractivity contribution < 1.29 is 24.5 Å². The Hall–Kier alpha value is -1.72. The molecule has 2 rings (SSSR count). The highest BCUT2D eigenvalue weighted by Crippen LogP contribution is 2.27. The fourth-order valence-corrected chi connectivity index (χ4v) is 2.94. The molecule has 0 bridgehead atoms. The van der Waals surface area contributed by atoms with Crippen molar-refractivity contribution in [1.29, 1.82) is 0 Å². The largest absolute Gasteiger partial charge is 0.394 e. The van der Waals surface area contributed by atoms with E-state index in [9.17, 15) is 19.5 Å². The molecule has 0 spiro atoms. The Morgan fingerprint density at radius 1 is 1.43 bits per heavy atom. The lowest BCUT2D eigenvalue weighted by Crippen LogP contribution is -2.35. The van der Waals surface area contributed by atoms with E-state index in [4.69, 9.17) is 26.2 Å². The second-order valence-electron chi connectivity index (χ2n) is 6.44. The highest BCUT2D eigenvalue weighted by molar-refractivity contribution is 6.17. The Balaban J connectivity index is 1.89. The summed E-state index contributed by atoms with van der Waals surface area (Å²) < 4.78 is 11.9. The second-order valence-corrected chi connectivity index (χ2v) is 6.82. The summed E-state index contributed by atoms with van der Waals surface area (Å²) in [5, 5.41) is 21.7. The summed E-state index contributed by atoms with van der Waals surface area (Å²) in [6.45, 7) is 0.887. The molecule has 0 aromatic carbocycles. The predicted molar refractivity (Wildman–Crippen MR) is 100 cm³/mol. The van der Waals surface area contributed by atoms with Crippen molar-refractivity contribution in [1.82, 2.24) is 14.9 Å². The van der Waals surface area contributed by atoms with Crippen LogP contribution in [0.3, 0.4) is 0 Å². The number of H-pyrrole nitrogens is 1. The van der Waals surface area contributed by atoms with Crippen LogP contribution in [0.2, 0.25) is 0 Å². The van der Waals surface area contributed by atoms with E-state index in [0.29, 0.717) is 25.6 Å². The van der Waals surface area contributed by atoms with Crippen molar-refractivity contribution >= 4 is 17.5 Å². The monoisotopic (exact) mass is 419 g/mol. The normalized spacial score (nSPS) is 21.8. The average Bonchev–Trinajstić information content (AvgIpc) is 3.04. The summed E-state index contributed by atoms with van der Waals surface area (Å²) in [4.78, 5) is 38.1. The molecule has 11 heteroatoms. The maximum atomic E-state index is 12.1. The molecule has 1 aliphatic rings. The van der Waals surface area contributed by atoms with E-state index in [2.05, 4.69) is 10.3 Å². The number of nitrogens with zero attached hydrogens (tertiary/aromatic N) is 1. The quantitative estimate of drug-likeness (QED) is 0.262. The number of aromatic nitrogens is 2. The number of ether oxygens (including phenoxy) is 2. The summed E-state index contributed by atoms with van der Waals surface area (Å²) in [6, 6.07) is 0. The van der Waals surface area contributed by atoms with Crippen molar-refractivity contribution in [2.45, 2.75) is 44.1 Å². The predicted octanol–water partition coefficient (Wildman–Crippen LogP) is -1.13. The van der Waals surface area contributed by atoms with Crippen LogP contribution in [0.5, 0.6) is 0 Å². The highest BCUT2D eigenvalue weighted by atomic mass is 35.5. The van der Waals surface area contributed by atoms with Gasteiger partial charge < -0.3 is 25.0 Å².